The number of nitrogens with zero attached hydrogens (tertiary/aromatic N) is 1. The Morgan fingerprint density at radius 3 is 2.88 bits per heavy atom. The van der Waals surface area contributed by atoms with E-state index in [1.807, 2.05) is 35.9 Å². The molecule has 0 aliphatic heterocycles. The van der Waals surface area contributed by atoms with Gasteiger partial charge in [0.2, 0.25) is 0 Å². The van der Waals surface area contributed by atoms with Gasteiger partial charge in [-0.2, -0.15) is 5.26 Å². The zero-order valence-electron chi connectivity index (χ0n) is 8.62. The minimum Gasteiger partial charge on any atom is -0.353 e. The molecule has 0 spiro atoms. The second-order valence-electron chi connectivity index (χ2n) is 3.37. The molecule has 0 saturated carbocycles. The summed E-state index contributed by atoms with van der Waals surface area (Å²) < 4.78 is 0. The number of nitriles is 1. The maximum absolute atomic E-state index is 8.89. The Hall–Kier alpha value is -1.50. The van der Waals surface area contributed by atoms with E-state index in [1.54, 1.807) is 0 Å². The minimum atomic E-state index is 0.641. The summed E-state index contributed by atoms with van der Waals surface area (Å²) in [5, 5.41) is 16.5. The first-order valence-corrected chi connectivity index (χ1v) is 6.03. The van der Waals surface area contributed by atoms with Gasteiger partial charge in [-0.25, -0.2) is 0 Å². The number of rotatable bonds is 2. The van der Waals surface area contributed by atoms with Gasteiger partial charge in [0.1, 0.15) is 6.07 Å². The minimum absolute atomic E-state index is 0.641. The highest BCUT2D eigenvalue weighted by atomic mass is 35.5. The zero-order chi connectivity index (χ0) is 11.5. The van der Waals surface area contributed by atoms with Crippen LogP contribution >= 0.6 is 22.9 Å². The molecule has 16 heavy (non-hydrogen) atoms. The van der Waals surface area contributed by atoms with Gasteiger partial charge in [-0.15, -0.1) is 11.3 Å². The molecule has 2 nitrogen and oxygen atoms in total. The number of aryl methyl sites for hydroxylation is 1. The third kappa shape index (κ3) is 2.04. The van der Waals surface area contributed by atoms with E-state index in [2.05, 4.69) is 11.4 Å². The molecule has 1 N–H and O–H groups in total. The van der Waals surface area contributed by atoms with Gasteiger partial charge in [-0.1, -0.05) is 23.7 Å². The quantitative estimate of drug-likeness (QED) is 0.859. The van der Waals surface area contributed by atoms with Crippen LogP contribution in [-0.2, 0) is 0 Å². The van der Waals surface area contributed by atoms with Gasteiger partial charge in [-0.3, -0.25) is 0 Å². The predicted octanol–water partition coefficient (Wildman–Crippen LogP) is 4.33. The monoisotopic (exact) mass is 248 g/mol. The summed E-state index contributed by atoms with van der Waals surface area (Å²) >= 11 is 7.66. The normalized spacial score (nSPS) is 9.81. The Balaban J connectivity index is 2.35. The van der Waals surface area contributed by atoms with Crippen LogP contribution in [0.25, 0.3) is 0 Å². The summed E-state index contributed by atoms with van der Waals surface area (Å²) in [6, 6.07) is 7.91. The number of nitrogens with one attached hydrogen (secondary N) is 1. The fourth-order valence-electron chi connectivity index (χ4n) is 1.37. The van der Waals surface area contributed by atoms with Crippen molar-refractivity contribution in [2.75, 3.05) is 5.32 Å². The summed E-state index contributed by atoms with van der Waals surface area (Å²) in [5.41, 5.74) is 3.29. The Morgan fingerprint density at radius 2 is 2.12 bits per heavy atom. The van der Waals surface area contributed by atoms with Crippen LogP contribution in [0.15, 0.2) is 29.0 Å². The summed E-state index contributed by atoms with van der Waals surface area (Å²) in [5.74, 6) is 0. The number of hydrogen-bond donors (Lipinski definition) is 1. The van der Waals surface area contributed by atoms with E-state index in [0.29, 0.717) is 10.6 Å². The van der Waals surface area contributed by atoms with Crippen LogP contribution in [0.4, 0.5) is 11.4 Å². The summed E-state index contributed by atoms with van der Waals surface area (Å²) in [7, 11) is 0. The molecular formula is C12H9ClN2S. The zero-order valence-corrected chi connectivity index (χ0v) is 10.2. The second kappa shape index (κ2) is 4.56. The number of halogens is 1. The van der Waals surface area contributed by atoms with Gasteiger partial charge >= 0.3 is 0 Å². The molecule has 0 amide bonds. The molecule has 0 unspecified atom stereocenters. The topological polar surface area (TPSA) is 35.8 Å². The summed E-state index contributed by atoms with van der Waals surface area (Å²) in [6.45, 7) is 1.95. The second-order valence-corrected chi connectivity index (χ2v) is 4.49. The molecule has 4 heteroatoms. The highest BCUT2D eigenvalue weighted by Gasteiger charge is 2.06. The maximum Gasteiger partial charge on any atom is 0.102 e. The fraction of sp³-hybridized carbons (Fsp3) is 0.0833. The van der Waals surface area contributed by atoms with Gasteiger partial charge in [0.05, 0.1) is 22.0 Å². The molecule has 2 rings (SSSR count). The van der Waals surface area contributed by atoms with E-state index in [4.69, 9.17) is 16.9 Å². The van der Waals surface area contributed by atoms with Crippen LogP contribution in [0.3, 0.4) is 0 Å². The van der Waals surface area contributed by atoms with E-state index in [0.717, 1.165) is 16.9 Å². The van der Waals surface area contributed by atoms with Crippen molar-refractivity contribution in [2.45, 2.75) is 6.92 Å². The first kappa shape index (κ1) is 11.0. The molecule has 1 heterocycles. The molecule has 0 atom stereocenters. The van der Waals surface area contributed by atoms with E-state index < -0.39 is 0 Å². The average molecular weight is 249 g/mol. The molecule has 1 aromatic heterocycles. The maximum atomic E-state index is 8.89. The van der Waals surface area contributed by atoms with Gasteiger partial charge in [0.15, 0.2) is 0 Å². The molecule has 0 bridgehead atoms. The highest BCUT2D eigenvalue weighted by molar-refractivity contribution is 7.08. The summed E-state index contributed by atoms with van der Waals surface area (Å²) in [4.78, 5) is 0. The van der Waals surface area contributed by atoms with Crippen molar-refractivity contribution >= 4 is 34.3 Å². The van der Waals surface area contributed by atoms with Gasteiger partial charge in [-0.05, 0) is 18.6 Å². The predicted molar refractivity (Wildman–Crippen MR) is 68.5 cm³/mol. The molecule has 0 fully saturated rings. The first-order valence-electron chi connectivity index (χ1n) is 4.71. The van der Waals surface area contributed by atoms with E-state index >= 15 is 0 Å². The van der Waals surface area contributed by atoms with Crippen molar-refractivity contribution in [3.8, 4) is 6.07 Å². The van der Waals surface area contributed by atoms with Crippen LogP contribution in [0.1, 0.15) is 11.1 Å². The first-order chi connectivity index (χ1) is 7.72. The number of anilines is 2. The van der Waals surface area contributed by atoms with Crippen molar-refractivity contribution < 1.29 is 0 Å². The lowest BCUT2D eigenvalue weighted by Crippen LogP contribution is -1.92. The van der Waals surface area contributed by atoms with Crippen molar-refractivity contribution in [1.82, 2.24) is 0 Å². The summed E-state index contributed by atoms with van der Waals surface area (Å²) in [6.07, 6.45) is 0. The molecule has 0 aliphatic carbocycles. The number of thiophene rings is 1. The lowest BCUT2D eigenvalue weighted by Gasteiger charge is -2.08. The standard InChI is InChI=1S/C12H9ClN2S/c1-8-3-2-4-10(12(8)13)15-11-7-16-6-9(11)5-14/h2-4,6-7,15H,1H3. The van der Waals surface area contributed by atoms with Crippen LogP contribution in [-0.4, -0.2) is 0 Å². The largest absolute Gasteiger partial charge is 0.353 e. The molecule has 0 saturated heterocycles. The lowest BCUT2D eigenvalue weighted by molar-refractivity contribution is 1.44. The van der Waals surface area contributed by atoms with Gasteiger partial charge in [0, 0.05) is 10.8 Å². The van der Waals surface area contributed by atoms with Crippen LogP contribution in [0, 0.1) is 18.3 Å². The van der Waals surface area contributed by atoms with Crippen LogP contribution in [0.5, 0.6) is 0 Å². The van der Waals surface area contributed by atoms with Crippen LogP contribution < -0.4 is 5.32 Å². The SMILES string of the molecule is Cc1cccc(Nc2cscc2C#N)c1Cl. The van der Waals surface area contributed by atoms with Gasteiger partial charge < -0.3 is 5.32 Å². The fourth-order valence-corrected chi connectivity index (χ4v) is 2.25. The smallest absolute Gasteiger partial charge is 0.102 e. The lowest BCUT2D eigenvalue weighted by atomic mass is 10.2. The van der Waals surface area contributed by atoms with Gasteiger partial charge in [0.25, 0.3) is 0 Å². The van der Waals surface area contributed by atoms with E-state index in [-0.39, 0.29) is 0 Å². The third-order valence-corrected chi connectivity index (χ3v) is 3.49. The van der Waals surface area contributed by atoms with Crippen LogP contribution in [0.2, 0.25) is 5.02 Å². The third-order valence-electron chi connectivity index (χ3n) is 2.24. The molecule has 2 aromatic rings. The molecule has 1 aromatic carbocycles. The number of hydrogen-bond acceptors (Lipinski definition) is 3. The van der Waals surface area contributed by atoms with E-state index in [9.17, 15) is 0 Å². The Kier molecular flexibility index (Phi) is 3.14. The molecule has 80 valence electrons. The molecule has 0 aliphatic rings. The Morgan fingerprint density at radius 1 is 1.31 bits per heavy atom. The Bertz CT molecular complexity index is 554. The van der Waals surface area contributed by atoms with E-state index in [1.165, 1.54) is 11.3 Å². The molecule has 0 radical (unpaired) electrons. The number of benzene rings is 1. The van der Waals surface area contributed by atoms with Crippen molar-refractivity contribution in [1.29, 1.82) is 5.26 Å². The average Bonchev–Trinajstić information content (AvgIpc) is 2.72. The van der Waals surface area contributed by atoms with Crippen molar-refractivity contribution in [3.63, 3.8) is 0 Å². The Labute approximate surface area is 103 Å². The van der Waals surface area contributed by atoms with Crippen molar-refractivity contribution in [2.24, 2.45) is 0 Å². The van der Waals surface area contributed by atoms with Crippen molar-refractivity contribution in [3.05, 3.63) is 45.1 Å². The highest BCUT2D eigenvalue weighted by Crippen LogP contribution is 2.30. The molecular weight excluding hydrogens is 240 g/mol.